The van der Waals surface area contributed by atoms with Gasteiger partial charge in [-0.25, -0.2) is 4.79 Å². The summed E-state index contributed by atoms with van der Waals surface area (Å²) in [5.74, 6) is 0.761. The van der Waals surface area contributed by atoms with Gasteiger partial charge in [0.2, 0.25) is 0 Å². The van der Waals surface area contributed by atoms with Crippen LogP contribution in [-0.2, 0) is 0 Å². The Hall–Kier alpha value is -2.09. The minimum absolute atomic E-state index is 0.335. The van der Waals surface area contributed by atoms with Gasteiger partial charge >= 0.3 is 5.97 Å². The second-order valence-electron chi connectivity index (χ2n) is 8.07. The molecule has 0 aromatic heterocycles. The van der Waals surface area contributed by atoms with E-state index in [2.05, 4.69) is 31.2 Å². The van der Waals surface area contributed by atoms with Crippen LogP contribution in [0.15, 0.2) is 48.5 Å². The highest BCUT2D eigenvalue weighted by atomic mass is 16.4. The lowest BCUT2D eigenvalue weighted by molar-refractivity contribution is 0.0697. The molecule has 0 radical (unpaired) electrons. The first kappa shape index (κ1) is 19.7. The molecule has 27 heavy (non-hydrogen) atoms. The smallest absolute Gasteiger partial charge is 0.335 e. The number of carboxylic acids is 1. The fraction of sp³-hybridized carbons (Fsp3) is 0.480. The van der Waals surface area contributed by atoms with E-state index in [-0.39, 0.29) is 0 Å². The normalized spacial score (nSPS) is 20.2. The topological polar surface area (TPSA) is 37.3 Å². The van der Waals surface area contributed by atoms with Gasteiger partial charge in [-0.3, -0.25) is 0 Å². The van der Waals surface area contributed by atoms with E-state index in [9.17, 15) is 4.79 Å². The maximum Gasteiger partial charge on any atom is 0.335 e. The number of benzene rings is 2. The van der Waals surface area contributed by atoms with E-state index in [0.29, 0.717) is 11.5 Å². The van der Waals surface area contributed by atoms with Gasteiger partial charge in [0.15, 0.2) is 0 Å². The SMILES string of the molecule is CCCCC[C@H]1CCC[C@H](c2ccc(-c3ccc(C(=O)O)cc3)cc2)CC1. The van der Waals surface area contributed by atoms with Crippen molar-refractivity contribution in [2.24, 2.45) is 5.92 Å². The first-order valence-corrected chi connectivity index (χ1v) is 10.6. The van der Waals surface area contributed by atoms with Crippen molar-refractivity contribution in [2.75, 3.05) is 0 Å². The summed E-state index contributed by atoms with van der Waals surface area (Å²) in [7, 11) is 0. The number of hydrogen-bond donors (Lipinski definition) is 1. The lowest BCUT2D eigenvalue weighted by atomic mass is 9.89. The lowest BCUT2D eigenvalue weighted by Gasteiger charge is -2.16. The van der Waals surface area contributed by atoms with Crippen LogP contribution in [-0.4, -0.2) is 11.1 Å². The van der Waals surface area contributed by atoms with Crippen LogP contribution in [0.5, 0.6) is 0 Å². The first-order chi connectivity index (χ1) is 13.2. The molecule has 1 N–H and O–H groups in total. The van der Waals surface area contributed by atoms with Gasteiger partial charge in [-0.2, -0.15) is 0 Å². The largest absolute Gasteiger partial charge is 0.478 e. The van der Waals surface area contributed by atoms with Gasteiger partial charge in [0.1, 0.15) is 0 Å². The molecule has 3 rings (SSSR count). The Morgan fingerprint density at radius 3 is 2.19 bits per heavy atom. The summed E-state index contributed by atoms with van der Waals surface area (Å²) in [6.07, 6.45) is 12.3. The second-order valence-corrected chi connectivity index (χ2v) is 8.07. The molecule has 2 heteroatoms. The van der Waals surface area contributed by atoms with Crippen molar-refractivity contribution in [3.8, 4) is 11.1 Å². The number of carboxylic acid groups (broad SMARTS) is 1. The highest BCUT2D eigenvalue weighted by Crippen LogP contribution is 2.36. The monoisotopic (exact) mass is 364 g/mol. The van der Waals surface area contributed by atoms with Crippen molar-refractivity contribution in [2.45, 2.75) is 70.6 Å². The summed E-state index contributed by atoms with van der Waals surface area (Å²) in [4.78, 5) is 11.0. The highest BCUT2D eigenvalue weighted by Gasteiger charge is 2.20. The molecule has 2 aromatic carbocycles. The molecule has 2 aromatic rings. The summed E-state index contributed by atoms with van der Waals surface area (Å²) in [5.41, 5.74) is 4.03. The molecule has 0 bridgehead atoms. The van der Waals surface area contributed by atoms with E-state index in [0.717, 1.165) is 17.0 Å². The van der Waals surface area contributed by atoms with Gasteiger partial charge < -0.3 is 5.11 Å². The van der Waals surface area contributed by atoms with E-state index in [4.69, 9.17) is 5.11 Å². The van der Waals surface area contributed by atoms with Crippen molar-refractivity contribution >= 4 is 5.97 Å². The Balaban J connectivity index is 1.60. The minimum Gasteiger partial charge on any atom is -0.478 e. The molecular formula is C25H32O2. The van der Waals surface area contributed by atoms with Crippen LogP contribution in [0.25, 0.3) is 11.1 Å². The number of aromatic carboxylic acids is 1. The van der Waals surface area contributed by atoms with Gasteiger partial charge in [0.25, 0.3) is 0 Å². The Labute approximate surface area is 163 Å². The van der Waals surface area contributed by atoms with E-state index >= 15 is 0 Å². The van der Waals surface area contributed by atoms with Crippen LogP contribution in [0.3, 0.4) is 0 Å². The molecule has 1 fully saturated rings. The number of unbranched alkanes of at least 4 members (excludes halogenated alkanes) is 2. The fourth-order valence-corrected chi connectivity index (χ4v) is 4.44. The number of hydrogen-bond acceptors (Lipinski definition) is 1. The molecule has 1 saturated carbocycles. The quantitative estimate of drug-likeness (QED) is 0.413. The van der Waals surface area contributed by atoms with Gasteiger partial charge in [0, 0.05) is 0 Å². The maximum atomic E-state index is 11.0. The van der Waals surface area contributed by atoms with Crippen LogP contribution in [0, 0.1) is 5.92 Å². The molecule has 0 aliphatic heterocycles. The molecule has 144 valence electrons. The molecule has 0 amide bonds. The molecule has 2 atom stereocenters. The van der Waals surface area contributed by atoms with Crippen LogP contribution in [0.2, 0.25) is 0 Å². The zero-order valence-corrected chi connectivity index (χ0v) is 16.5. The maximum absolute atomic E-state index is 11.0. The van der Waals surface area contributed by atoms with Crippen molar-refractivity contribution < 1.29 is 9.90 Å². The van der Waals surface area contributed by atoms with Gasteiger partial charge in [-0.15, -0.1) is 0 Å². The number of rotatable bonds is 7. The standard InChI is InChI=1S/C25H32O2/c1-2-3-4-6-19-7-5-8-20(10-9-19)21-11-13-22(14-12-21)23-15-17-24(18-16-23)25(26)27/h11-20H,2-10H2,1H3,(H,26,27)/t19-,20-/m0/s1. The van der Waals surface area contributed by atoms with E-state index < -0.39 is 5.97 Å². The summed E-state index contributed by atoms with van der Waals surface area (Å²) >= 11 is 0. The second kappa shape index (κ2) is 9.73. The lowest BCUT2D eigenvalue weighted by Crippen LogP contribution is -2.00. The van der Waals surface area contributed by atoms with Crippen LogP contribution in [0.4, 0.5) is 0 Å². The molecular weight excluding hydrogens is 332 g/mol. The Morgan fingerprint density at radius 1 is 0.889 bits per heavy atom. The summed E-state index contributed by atoms with van der Waals surface area (Å²) in [6, 6.07) is 16.1. The number of carbonyl (C=O) groups is 1. The Morgan fingerprint density at radius 2 is 1.56 bits per heavy atom. The van der Waals surface area contributed by atoms with E-state index in [1.54, 1.807) is 12.1 Å². The summed E-state index contributed by atoms with van der Waals surface area (Å²) in [5, 5.41) is 9.03. The van der Waals surface area contributed by atoms with Crippen molar-refractivity contribution in [1.82, 2.24) is 0 Å². The van der Waals surface area contributed by atoms with E-state index in [1.165, 1.54) is 63.4 Å². The summed E-state index contributed by atoms with van der Waals surface area (Å²) in [6.45, 7) is 2.29. The minimum atomic E-state index is -0.877. The Bertz CT molecular complexity index is 715. The van der Waals surface area contributed by atoms with Crippen LogP contribution >= 0.6 is 0 Å². The van der Waals surface area contributed by atoms with Crippen LogP contribution < -0.4 is 0 Å². The van der Waals surface area contributed by atoms with Crippen LogP contribution in [0.1, 0.15) is 86.6 Å². The molecule has 1 aliphatic carbocycles. The molecule has 2 nitrogen and oxygen atoms in total. The Kier molecular flexibility index (Phi) is 7.09. The molecule has 0 heterocycles. The summed E-state index contributed by atoms with van der Waals surface area (Å²) < 4.78 is 0. The third-order valence-corrected chi connectivity index (χ3v) is 6.15. The molecule has 0 saturated heterocycles. The van der Waals surface area contributed by atoms with Crippen molar-refractivity contribution in [3.05, 3.63) is 59.7 Å². The highest BCUT2D eigenvalue weighted by molar-refractivity contribution is 5.88. The van der Waals surface area contributed by atoms with Crippen molar-refractivity contribution in [1.29, 1.82) is 0 Å². The predicted octanol–water partition coefficient (Wildman–Crippen LogP) is 7.30. The van der Waals surface area contributed by atoms with Crippen molar-refractivity contribution in [3.63, 3.8) is 0 Å². The average Bonchev–Trinajstić information content (AvgIpc) is 2.94. The van der Waals surface area contributed by atoms with Gasteiger partial charge in [-0.1, -0.05) is 81.8 Å². The van der Waals surface area contributed by atoms with Gasteiger partial charge in [-0.05, 0) is 59.9 Å². The third kappa shape index (κ3) is 5.45. The molecule has 1 aliphatic rings. The van der Waals surface area contributed by atoms with E-state index in [1.807, 2.05) is 12.1 Å². The first-order valence-electron chi connectivity index (χ1n) is 10.6. The zero-order valence-electron chi connectivity index (χ0n) is 16.5. The molecule has 0 spiro atoms. The molecule has 0 unspecified atom stereocenters. The predicted molar refractivity (Wildman–Crippen MR) is 112 cm³/mol. The third-order valence-electron chi connectivity index (χ3n) is 6.15. The van der Waals surface area contributed by atoms with Gasteiger partial charge in [0.05, 0.1) is 5.56 Å². The fourth-order valence-electron chi connectivity index (χ4n) is 4.44. The zero-order chi connectivity index (χ0) is 19.1. The average molecular weight is 365 g/mol.